The maximum atomic E-state index is 12.9. The second-order valence-electron chi connectivity index (χ2n) is 7.02. The van der Waals surface area contributed by atoms with Crippen LogP contribution < -0.4 is 10.2 Å². The predicted molar refractivity (Wildman–Crippen MR) is 110 cm³/mol. The Bertz CT molecular complexity index is 608. The molecule has 26 heavy (non-hydrogen) atoms. The van der Waals surface area contributed by atoms with Crippen LogP contribution in [0.2, 0.25) is 0 Å². The Kier molecular flexibility index (Phi) is 7.67. The number of hydrogen-bond acceptors (Lipinski definition) is 2. The van der Waals surface area contributed by atoms with Gasteiger partial charge in [-0.05, 0) is 58.4 Å². The molecule has 0 saturated carbocycles. The summed E-state index contributed by atoms with van der Waals surface area (Å²) in [7, 11) is 0. The van der Waals surface area contributed by atoms with E-state index in [1.165, 1.54) is 0 Å². The maximum absolute atomic E-state index is 12.9. The third-order valence-corrected chi connectivity index (χ3v) is 4.43. The van der Waals surface area contributed by atoms with Gasteiger partial charge >= 0.3 is 6.03 Å². The Balaban J connectivity index is 2.00. The van der Waals surface area contributed by atoms with Gasteiger partial charge in [0.2, 0.25) is 0 Å². The van der Waals surface area contributed by atoms with E-state index in [1.54, 1.807) is 4.90 Å². The minimum Gasteiger partial charge on any atom is -0.337 e. The van der Waals surface area contributed by atoms with Crippen molar-refractivity contribution in [2.24, 2.45) is 0 Å². The Morgan fingerprint density at radius 1 is 0.846 bits per heavy atom. The lowest BCUT2D eigenvalue weighted by Crippen LogP contribution is -2.41. The summed E-state index contributed by atoms with van der Waals surface area (Å²) in [6.07, 6.45) is 0.930. The molecule has 0 fully saturated rings. The summed E-state index contributed by atoms with van der Waals surface area (Å²) in [5, 5.41) is 3.07. The highest BCUT2D eigenvalue weighted by Crippen LogP contribution is 2.24. The van der Waals surface area contributed by atoms with E-state index < -0.39 is 0 Å². The number of urea groups is 1. The summed E-state index contributed by atoms with van der Waals surface area (Å²) in [5.41, 5.74) is 1.73. The highest BCUT2D eigenvalue weighted by Gasteiger charge is 2.18. The molecule has 0 aromatic heterocycles. The Morgan fingerprint density at radius 3 is 1.73 bits per heavy atom. The van der Waals surface area contributed by atoms with Crippen LogP contribution in [0.1, 0.15) is 34.1 Å². The molecule has 0 aliphatic carbocycles. The number of amides is 2. The molecule has 4 nitrogen and oxygen atoms in total. The average molecular weight is 354 g/mol. The van der Waals surface area contributed by atoms with Gasteiger partial charge < -0.3 is 5.32 Å². The van der Waals surface area contributed by atoms with Crippen molar-refractivity contribution in [3.05, 3.63) is 60.7 Å². The average Bonchev–Trinajstić information content (AvgIpc) is 2.63. The summed E-state index contributed by atoms with van der Waals surface area (Å²) in [6.45, 7) is 10.5. The summed E-state index contributed by atoms with van der Waals surface area (Å²) in [4.78, 5) is 17.0. The molecule has 0 spiro atoms. The second kappa shape index (κ2) is 9.97. The quantitative estimate of drug-likeness (QED) is 0.675. The summed E-state index contributed by atoms with van der Waals surface area (Å²) >= 11 is 0. The van der Waals surface area contributed by atoms with E-state index in [2.05, 4.69) is 37.9 Å². The standard InChI is InChI=1S/C22H31N3O/c1-18(2)24(19(3)4)17-11-16-23-22(26)25(20-12-7-5-8-13-20)21-14-9-6-10-15-21/h5-10,12-15,18-19H,11,16-17H2,1-4H3,(H,23,26). The van der Waals surface area contributed by atoms with E-state index >= 15 is 0 Å². The van der Waals surface area contributed by atoms with Crippen LogP contribution in [0.3, 0.4) is 0 Å². The Morgan fingerprint density at radius 2 is 1.31 bits per heavy atom. The van der Waals surface area contributed by atoms with Crippen LogP contribution in [0.5, 0.6) is 0 Å². The summed E-state index contributed by atoms with van der Waals surface area (Å²) in [6, 6.07) is 20.4. The highest BCUT2D eigenvalue weighted by molar-refractivity contribution is 5.99. The number of nitrogens with zero attached hydrogens (tertiary/aromatic N) is 2. The highest BCUT2D eigenvalue weighted by atomic mass is 16.2. The zero-order valence-electron chi connectivity index (χ0n) is 16.4. The van der Waals surface area contributed by atoms with Gasteiger partial charge in [0.05, 0.1) is 11.4 Å². The molecule has 1 N–H and O–H groups in total. The molecule has 0 heterocycles. The van der Waals surface area contributed by atoms with Gasteiger partial charge in [-0.15, -0.1) is 0 Å². The number of rotatable bonds is 8. The third kappa shape index (κ3) is 5.60. The number of anilines is 2. The van der Waals surface area contributed by atoms with Crippen LogP contribution >= 0.6 is 0 Å². The van der Waals surface area contributed by atoms with Crippen molar-refractivity contribution in [1.29, 1.82) is 0 Å². The van der Waals surface area contributed by atoms with Crippen molar-refractivity contribution in [3.8, 4) is 0 Å². The number of carbonyl (C=O) groups excluding carboxylic acids is 1. The summed E-state index contributed by atoms with van der Waals surface area (Å²) in [5.74, 6) is 0. The Hall–Kier alpha value is -2.33. The van der Waals surface area contributed by atoms with Crippen LogP contribution in [-0.4, -0.2) is 36.1 Å². The van der Waals surface area contributed by atoms with Gasteiger partial charge in [0, 0.05) is 25.2 Å². The Labute approximate surface area is 157 Å². The zero-order chi connectivity index (χ0) is 18.9. The lowest BCUT2D eigenvalue weighted by molar-refractivity contribution is 0.173. The summed E-state index contributed by atoms with van der Waals surface area (Å²) < 4.78 is 0. The fourth-order valence-corrected chi connectivity index (χ4v) is 3.19. The van der Waals surface area contributed by atoms with Gasteiger partial charge in [-0.2, -0.15) is 0 Å². The largest absolute Gasteiger partial charge is 0.337 e. The predicted octanol–water partition coefficient (Wildman–Crippen LogP) is 5.04. The van der Waals surface area contributed by atoms with Crippen molar-refractivity contribution < 1.29 is 4.79 Å². The minimum atomic E-state index is -0.0944. The molecule has 0 radical (unpaired) electrons. The molecule has 2 amide bonds. The molecule has 0 aliphatic rings. The number of nitrogens with one attached hydrogen (secondary N) is 1. The monoisotopic (exact) mass is 353 g/mol. The van der Waals surface area contributed by atoms with Crippen molar-refractivity contribution in [2.45, 2.75) is 46.2 Å². The van der Waals surface area contributed by atoms with E-state index in [1.807, 2.05) is 60.7 Å². The van der Waals surface area contributed by atoms with Crippen molar-refractivity contribution in [2.75, 3.05) is 18.0 Å². The van der Waals surface area contributed by atoms with Crippen molar-refractivity contribution in [1.82, 2.24) is 10.2 Å². The van der Waals surface area contributed by atoms with Crippen LogP contribution in [0.25, 0.3) is 0 Å². The van der Waals surface area contributed by atoms with Crippen LogP contribution in [0.4, 0.5) is 16.2 Å². The number of hydrogen-bond donors (Lipinski definition) is 1. The van der Waals surface area contributed by atoms with Crippen LogP contribution in [0.15, 0.2) is 60.7 Å². The number of benzene rings is 2. The molecule has 4 heteroatoms. The first-order valence-corrected chi connectivity index (χ1v) is 9.44. The molecule has 2 rings (SSSR count). The van der Waals surface area contributed by atoms with Gasteiger partial charge in [-0.3, -0.25) is 9.80 Å². The molecular weight excluding hydrogens is 322 g/mol. The second-order valence-corrected chi connectivity index (χ2v) is 7.02. The SMILES string of the molecule is CC(C)N(CCCNC(=O)N(c1ccccc1)c1ccccc1)C(C)C. The maximum Gasteiger partial charge on any atom is 0.326 e. The molecule has 2 aromatic rings. The minimum absolute atomic E-state index is 0.0944. The van der Waals surface area contributed by atoms with Gasteiger partial charge in [-0.1, -0.05) is 36.4 Å². The van der Waals surface area contributed by atoms with Gasteiger partial charge in [0.15, 0.2) is 0 Å². The molecule has 2 aromatic carbocycles. The third-order valence-electron chi connectivity index (χ3n) is 4.43. The van der Waals surface area contributed by atoms with Crippen molar-refractivity contribution in [3.63, 3.8) is 0 Å². The molecule has 0 saturated heterocycles. The zero-order valence-corrected chi connectivity index (χ0v) is 16.4. The number of carbonyl (C=O) groups is 1. The smallest absolute Gasteiger partial charge is 0.326 e. The fraction of sp³-hybridized carbons (Fsp3) is 0.409. The van der Waals surface area contributed by atoms with E-state index in [9.17, 15) is 4.79 Å². The van der Waals surface area contributed by atoms with Gasteiger partial charge in [0.25, 0.3) is 0 Å². The lowest BCUT2D eigenvalue weighted by Gasteiger charge is -2.30. The lowest BCUT2D eigenvalue weighted by atomic mass is 10.2. The number of para-hydroxylation sites is 2. The molecule has 0 unspecified atom stereocenters. The van der Waals surface area contributed by atoms with E-state index in [-0.39, 0.29) is 6.03 Å². The van der Waals surface area contributed by atoms with Crippen molar-refractivity contribution >= 4 is 17.4 Å². The van der Waals surface area contributed by atoms with Gasteiger partial charge in [-0.25, -0.2) is 4.79 Å². The molecule has 0 bridgehead atoms. The first kappa shape index (κ1) is 20.0. The molecule has 140 valence electrons. The van der Waals surface area contributed by atoms with E-state index in [0.29, 0.717) is 18.6 Å². The van der Waals surface area contributed by atoms with E-state index in [4.69, 9.17) is 0 Å². The molecule has 0 atom stereocenters. The molecule has 0 aliphatic heterocycles. The molecular formula is C22H31N3O. The fourth-order valence-electron chi connectivity index (χ4n) is 3.19. The normalized spacial score (nSPS) is 11.2. The van der Waals surface area contributed by atoms with Crippen LogP contribution in [0, 0.1) is 0 Å². The topological polar surface area (TPSA) is 35.6 Å². The van der Waals surface area contributed by atoms with E-state index in [0.717, 1.165) is 24.3 Å². The van der Waals surface area contributed by atoms with Crippen LogP contribution in [-0.2, 0) is 0 Å². The first-order chi connectivity index (χ1) is 12.5. The first-order valence-electron chi connectivity index (χ1n) is 9.44. The van der Waals surface area contributed by atoms with Gasteiger partial charge in [0.1, 0.15) is 0 Å².